The molecule has 2 aromatic carbocycles. The number of nitrogens with zero attached hydrogens (tertiary/aromatic N) is 1. The van der Waals surface area contributed by atoms with E-state index < -0.39 is 6.10 Å². The van der Waals surface area contributed by atoms with Crippen molar-refractivity contribution in [2.24, 2.45) is 0 Å². The predicted molar refractivity (Wildman–Crippen MR) is 160 cm³/mol. The second-order valence-electron chi connectivity index (χ2n) is 10.8. The van der Waals surface area contributed by atoms with Crippen molar-refractivity contribution >= 4 is 5.69 Å². The van der Waals surface area contributed by atoms with Gasteiger partial charge in [0.05, 0.1) is 64.1 Å². The summed E-state index contributed by atoms with van der Waals surface area (Å²) in [6.45, 7) is 7.11. The van der Waals surface area contributed by atoms with Crippen LogP contribution in [-0.2, 0) is 41.6 Å². The Morgan fingerprint density at radius 2 is 1.64 bits per heavy atom. The van der Waals surface area contributed by atoms with Gasteiger partial charge in [-0.2, -0.15) is 0 Å². The van der Waals surface area contributed by atoms with Crippen LogP contribution in [0, 0.1) is 0 Å². The van der Waals surface area contributed by atoms with Gasteiger partial charge in [0.2, 0.25) is 0 Å². The molecule has 10 nitrogen and oxygen atoms in total. The SMILES string of the molecule is COCCCN1CCOc2ccc(CO[C@H]3CNC[C@@H](OC[C@H](O)COC)[C@@H]3c3ccc(COCCOC)cc3)cc21. The normalized spacial score (nSPS) is 21.1. The summed E-state index contributed by atoms with van der Waals surface area (Å²) in [6, 6.07) is 14.8. The van der Waals surface area contributed by atoms with E-state index in [9.17, 15) is 5.11 Å². The van der Waals surface area contributed by atoms with Crippen LogP contribution in [0.3, 0.4) is 0 Å². The molecule has 2 heterocycles. The molecular formula is C32H48N2O8. The lowest BCUT2D eigenvalue weighted by molar-refractivity contribution is -0.0856. The second kappa shape index (κ2) is 17.7. The molecule has 1 saturated heterocycles. The Hall–Kier alpha value is -2.28. The lowest BCUT2D eigenvalue weighted by Crippen LogP contribution is -2.51. The maximum absolute atomic E-state index is 10.3. The molecule has 0 radical (unpaired) electrons. The third-order valence-electron chi connectivity index (χ3n) is 7.64. The summed E-state index contributed by atoms with van der Waals surface area (Å²) >= 11 is 0. The van der Waals surface area contributed by atoms with Crippen LogP contribution in [0.4, 0.5) is 5.69 Å². The average molecular weight is 589 g/mol. The van der Waals surface area contributed by atoms with Gasteiger partial charge in [0.25, 0.3) is 0 Å². The van der Waals surface area contributed by atoms with Crippen molar-refractivity contribution in [1.82, 2.24) is 5.32 Å². The number of benzene rings is 2. The smallest absolute Gasteiger partial charge is 0.142 e. The van der Waals surface area contributed by atoms with Crippen LogP contribution in [0.1, 0.15) is 29.0 Å². The predicted octanol–water partition coefficient (Wildman–Crippen LogP) is 2.75. The minimum Gasteiger partial charge on any atom is -0.490 e. The highest BCUT2D eigenvalue weighted by atomic mass is 16.5. The first kappa shape index (κ1) is 32.6. The first-order valence-electron chi connectivity index (χ1n) is 14.9. The average Bonchev–Trinajstić information content (AvgIpc) is 3.02. The molecule has 0 aromatic heterocycles. The standard InChI is InChI=1S/C32H48N2O8/c1-36-13-4-11-34-12-14-40-29-10-7-25(17-28(29)34)21-41-30-18-33-19-31(42-23-27(35)22-38-3)32(30)26-8-5-24(6-9-26)20-39-16-15-37-2/h5-10,17,27,30-33,35H,4,11-16,18-23H2,1-3H3/t27-,30+,31-,32-/m1/s1. The van der Waals surface area contributed by atoms with Crippen molar-refractivity contribution in [3.8, 4) is 5.75 Å². The van der Waals surface area contributed by atoms with Gasteiger partial charge in [-0.05, 0) is 35.2 Å². The lowest BCUT2D eigenvalue weighted by Gasteiger charge is -2.39. The zero-order valence-electron chi connectivity index (χ0n) is 25.3. The minimum absolute atomic E-state index is 0.0176. The van der Waals surface area contributed by atoms with Gasteiger partial charge in [-0.3, -0.25) is 0 Å². The molecule has 4 rings (SSSR count). The monoisotopic (exact) mass is 588 g/mol. The molecule has 0 spiro atoms. The molecule has 42 heavy (non-hydrogen) atoms. The number of aliphatic hydroxyl groups is 1. The number of methoxy groups -OCH3 is 3. The first-order chi connectivity index (χ1) is 20.6. The molecular weight excluding hydrogens is 540 g/mol. The van der Waals surface area contributed by atoms with Gasteiger partial charge in [-0.15, -0.1) is 0 Å². The second-order valence-corrected chi connectivity index (χ2v) is 10.8. The topological polar surface area (TPSA) is 100 Å². The number of aliphatic hydroxyl groups excluding tert-OH is 1. The number of hydrogen-bond acceptors (Lipinski definition) is 10. The molecule has 2 aliphatic heterocycles. The van der Waals surface area contributed by atoms with Gasteiger partial charge in [-0.25, -0.2) is 0 Å². The van der Waals surface area contributed by atoms with Crippen molar-refractivity contribution in [3.05, 3.63) is 59.2 Å². The van der Waals surface area contributed by atoms with E-state index in [-0.39, 0.29) is 31.3 Å². The van der Waals surface area contributed by atoms with E-state index in [4.69, 9.17) is 33.2 Å². The van der Waals surface area contributed by atoms with Crippen molar-refractivity contribution in [2.45, 2.75) is 43.9 Å². The summed E-state index contributed by atoms with van der Waals surface area (Å²) in [7, 11) is 4.98. The largest absolute Gasteiger partial charge is 0.490 e. The summed E-state index contributed by atoms with van der Waals surface area (Å²) in [5.41, 5.74) is 4.43. The number of piperidine rings is 1. The summed E-state index contributed by atoms with van der Waals surface area (Å²) in [6.07, 6.45) is -0.0254. The van der Waals surface area contributed by atoms with Crippen molar-refractivity contribution in [3.63, 3.8) is 0 Å². The van der Waals surface area contributed by atoms with E-state index in [1.54, 1.807) is 21.3 Å². The van der Waals surface area contributed by atoms with Crippen LogP contribution >= 0.6 is 0 Å². The summed E-state index contributed by atoms with van der Waals surface area (Å²) in [5.74, 6) is 0.893. The molecule has 234 valence electrons. The lowest BCUT2D eigenvalue weighted by atomic mass is 9.85. The molecule has 0 aliphatic carbocycles. The fourth-order valence-electron chi connectivity index (χ4n) is 5.50. The number of nitrogens with one attached hydrogen (secondary N) is 1. The van der Waals surface area contributed by atoms with Crippen LogP contribution in [0.2, 0.25) is 0 Å². The van der Waals surface area contributed by atoms with Crippen LogP contribution in [0.5, 0.6) is 5.75 Å². The van der Waals surface area contributed by atoms with E-state index in [0.717, 1.165) is 54.2 Å². The van der Waals surface area contributed by atoms with Crippen molar-refractivity contribution < 1.29 is 38.3 Å². The fourth-order valence-corrected chi connectivity index (χ4v) is 5.50. The Labute approximate surface area is 250 Å². The number of ether oxygens (including phenoxy) is 7. The molecule has 0 saturated carbocycles. The van der Waals surface area contributed by atoms with Gasteiger partial charge in [0.1, 0.15) is 18.5 Å². The Morgan fingerprint density at radius 3 is 2.40 bits per heavy atom. The molecule has 0 bridgehead atoms. The molecule has 4 atom stereocenters. The third kappa shape index (κ3) is 9.62. The Morgan fingerprint density at radius 1 is 0.881 bits per heavy atom. The van der Waals surface area contributed by atoms with Crippen LogP contribution in [0.25, 0.3) is 0 Å². The summed E-state index contributed by atoms with van der Waals surface area (Å²) in [4.78, 5) is 2.36. The van der Waals surface area contributed by atoms with E-state index >= 15 is 0 Å². The molecule has 0 unspecified atom stereocenters. The molecule has 1 fully saturated rings. The van der Waals surface area contributed by atoms with E-state index in [1.165, 1.54) is 0 Å². The van der Waals surface area contributed by atoms with Crippen molar-refractivity contribution in [2.75, 3.05) is 92.0 Å². The molecule has 10 heteroatoms. The Bertz CT molecular complexity index is 1040. The Kier molecular flexibility index (Phi) is 13.8. The maximum atomic E-state index is 10.3. The van der Waals surface area contributed by atoms with Crippen LogP contribution in [-0.4, -0.2) is 111 Å². The zero-order valence-corrected chi connectivity index (χ0v) is 25.3. The number of rotatable bonds is 18. The number of fused-ring (bicyclic) bond motifs is 1. The van der Waals surface area contributed by atoms with E-state index in [1.807, 2.05) is 6.07 Å². The highest BCUT2D eigenvalue weighted by molar-refractivity contribution is 5.61. The van der Waals surface area contributed by atoms with Gasteiger partial charge in [0.15, 0.2) is 0 Å². The van der Waals surface area contributed by atoms with Crippen LogP contribution in [0.15, 0.2) is 42.5 Å². The third-order valence-corrected chi connectivity index (χ3v) is 7.64. The van der Waals surface area contributed by atoms with Gasteiger partial charge in [0, 0.05) is 53.5 Å². The zero-order chi connectivity index (χ0) is 29.6. The van der Waals surface area contributed by atoms with Crippen LogP contribution < -0.4 is 15.0 Å². The molecule has 0 amide bonds. The van der Waals surface area contributed by atoms with E-state index in [2.05, 4.69) is 46.6 Å². The van der Waals surface area contributed by atoms with Gasteiger partial charge in [-0.1, -0.05) is 30.3 Å². The van der Waals surface area contributed by atoms with Crippen molar-refractivity contribution in [1.29, 1.82) is 0 Å². The first-order valence-corrected chi connectivity index (χ1v) is 14.9. The number of hydrogen-bond donors (Lipinski definition) is 2. The molecule has 2 aliphatic rings. The highest BCUT2D eigenvalue weighted by Crippen LogP contribution is 2.34. The minimum atomic E-state index is -0.687. The molecule has 2 N–H and O–H groups in total. The quantitative estimate of drug-likeness (QED) is 0.253. The highest BCUT2D eigenvalue weighted by Gasteiger charge is 2.36. The summed E-state index contributed by atoms with van der Waals surface area (Å²) < 4.78 is 39.9. The number of anilines is 1. The maximum Gasteiger partial charge on any atom is 0.142 e. The van der Waals surface area contributed by atoms with E-state index in [0.29, 0.717) is 46.1 Å². The summed E-state index contributed by atoms with van der Waals surface area (Å²) in [5, 5.41) is 13.7. The Balaban J connectivity index is 1.46. The van der Waals surface area contributed by atoms with Gasteiger partial charge >= 0.3 is 0 Å². The van der Waals surface area contributed by atoms with Gasteiger partial charge < -0.3 is 48.5 Å². The fraction of sp³-hybridized carbons (Fsp3) is 0.625. The molecule has 2 aromatic rings.